The van der Waals surface area contributed by atoms with Gasteiger partial charge in [-0.05, 0) is 31.0 Å². The molecule has 4 N–H and O–H groups in total. The number of urea groups is 1. The van der Waals surface area contributed by atoms with E-state index in [1.165, 1.54) is 11.8 Å². The number of amides is 3. The van der Waals surface area contributed by atoms with Gasteiger partial charge in [0.25, 0.3) is 0 Å². The van der Waals surface area contributed by atoms with E-state index >= 15 is 0 Å². The van der Waals surface area contributed by atoms with Crippen LogP contribution in [0, 0.1) is 0 Å². The Morgan fingerprint density at radius 2 is 2.16 bits per heavy atom. The van der Waals surface area contributed by atoms with E-state index in [2.05, 4.69) is 10.6 Å². The molecule has 0 saturated heterocycles. The number of imide groups is 1. The average molecular weight is 300 g/mol. The Bertz CT molecular complexity index is 506. The number of hydrogen-bond donors (Lipinski definition) is 3. The van der Waals surface area contributed by atoms with Crippen molar-refractivity contribution in [1.29, 1.82) is 0 Å². The summed E-state index contributed by atoms with van der Waals surface area (Å²) in [7, 11) is 0. The number of carbonyl (C=O) groups is 2. The second-order valence-electron chi connectivity index (χ2n) is 4.27. The molecule has 0 bridgehead atoms. The van der Waals surface area contributed by atoms with Gasteiger partial charge >= 0.3 is 6.03 Å². The third-order valence-electron chi connectivity index (χ3n) is 2.48. The summed E-state index contributed by atoms with van der Waals surface area (Å²) in [5.41, 5.74) is 6.22. The number of rotatable bonds is 4. The van der Waals surface area contributed by atoms with E-state index in [0.717, 1.165) is 17.7 Å². The molecule has 7 heteroatoms. The monoisotopic (exact) mass is 299 g/mol. The molecule has 3 amide bonds. The van der Waals surface area contributed by atoms with Gasteiger partial charge in [0, 0.05) is 16.6 Å². The minimum absolute atomic E-state index is 0.112. The average Bonchev–Trinajstić information content (AvgIpc) is 3.14. The van der Waals surface area contributed by atoms with Gasteiger partial charge in [-0.1, -0.05) is 11.6 Å². The van der Waals surface area contributed by atoms with Crippen LogP contribution in [0.4, 0.5) is 10.5 Å². The third-order valence-corrected chi connectivity index (χ3v) is 3.98. The van der Waals surface area contributed by atoms with Gasteiger partial charge in [0.15, 0.2) is 0 Å². The zero-order chi connectivity index (χ0) is 13.8. The molecule has 1 saturated carbocycles. The lowest BCUT2D eigenvalue weighted by Gasteiger charge is -2.07. The summed E-state index contributed by atoms with van der Waals surface area (Å²) in [6.45, 7) is 0. The molecule has 102 valence electrons. The SMILES string of the molecule is Nc1ccc(Cl)c(SCC(=O)NC(=O)NC2CC2)c1. The molecule has 1 fully saturated rings. The molecule has 0 aromatic heterocycles. The van der Waals surface area contributed by atoms with Gasteiger partial charge in [-0.3, -0.25) is 10.1 Å². The van der Waals surface area contributed by atoms with E-state index in [9.17, 15) is 9.59 Å². The molecule has 1 aromatic rings. The fourth-order valence-corrected chi connectivity index (χ4v) is 2.45. The summed E-state index contributed by atoms with van der Waals surface area (Å²) in [6.07, 6.45) is 1.96. The second-order valence-corrected chi connectivity index (χ2v) is 5.70. The van der Waals surface area contributed by atoms with Gasteiger partial charge < -0.3 is 11.1 Å². The molecule has 1 aliphatic carbocycles. The first-order valence-electron chi connectivity index (χ1n) is 5.83. The van der Waals surface area contributed by atoms with Gasteiger partial charge in [0.05, 0.1) is 10.8 Å². The van der Waals surface area contributed by atoms with Crippen molar-refractivity contribution < 1.29 is 9.59 Å². The highest BCUT2D eigenvalue weighted by Crippen LogP contribution is 2.28. The van der Waals surface area contributed by atoms with Crippen LogP contribution in [0.25, 0.3) is 0 Å². The molecule has 0 aliphatic heterocycles. The normalized spacial score (nSPS) is 13.9. The molecule has 2 rings (SSSR count). The van der Waals surface area contributed by atoms with Crippen molar-refractivity contribution in [2.45, 2.75) is 23.8 Å². The van der Waals surface area contributed by atoms with E-state index in [1.54, 1.807) is 18.2 Å². The maximum absolute atomic E-state index is 11.6. The minimum Gasteiger partial charge on any atom is -0.399 e. The zero-order valence-corrected chi connectivity index (χ0v) is 11.7. The lowest BCUT2D eigenvalue weighted by molar-refractivity contribution is -0.117. The molecular weight excluding hydrogens is 286 g/mol. The first kappa shape index (κ1) is 14.0. The van der Waals surface area contributed by atoms with Crippen LogP contribution in [0.1, 0.15) is 12.8 Å². The van der Waals surface area contributed by atoms with Gasteiger partial charge in [-0.25, -0.2) is 4.79 Å². The first-order chi connectivity index (χ1) is 9.04. The number of thioether (sulfide) groups is 1. The van der Waals surface area contributed by atoms with Crippen LogP contribution in [-0.2, 0) is 4.79 Å². The fraction of sp³-hybridized carbons (Fsp3) is 0.333. The smallest absolute Gasteiger partial charge is 0.321 e. The maximum atomic E-state index is 11.6. The molecule has 1 aliphatic rings. The van der Waals surface area contributed by atoms with Crippen molar-refractivity contribution in [3.05, 3.63) is 23.2 Å². The lowest BCUT2D eigenvalue weighted by Crippen LogP contribution is -2.41. The molecule has 0 heterocycles. The minimum atomic E-state index is -0.438. The maximum Gasteiger partial charge on any atom is 0.321 e. The molecule has 0 atom stereocenters. The van der Waals surface area contributed by atoms with Crippen molar-refractivity contribution in [3.63, 3.8) is 0 Å². The Morgan fingerprint density at radius 1 is 1.42 bits per heavy atom. The van der Waals surface area contributed by atoms with Crippen LogP contribution >= 0.6 is 23.4 Å². The lowest BCUT2D eigenvalue weighted by atomic mass is 10.3. The predicted octanol–water partition coefficient (Wildman–Crippen LogP) is 2.00. The van der Waals surface area contributed by atoms with Crippen LogP contribution < -0.4 is 16.4 Å². The van der Waals surface area contributed by atoms with E-state index in [4.69, 9.17) is 17.3 Å². The first-order valence-corrected chi connectivity index (χ1v) is 7.19. The van der Waals surface area contributed by atoms with Gasteiger partial charge in [-0.15, -0.1) is 11.8 Å². The van der Waals surface area contributed by atoms with Crippen molar-refractivity contribution in [3.8, 4) is 0 Å². The Balaban J connectivity index is 1.78. The van der Waals surface area contributed by atoms with Crippen molar-refractivity contribution in [1.82, 2.24) is 10.6 Å². The van der Waals surface area contributed by atoms with Crippen molar-refractivity contribution >= 4 is 41.0 Å². The highest BCUT2D eigenvalue weighted by molar-refractivity contribution is 8.00. The van der Waals surface area contributed by atoms with Crippen LogP contribution in [0.15, 0.2) is 23.1 Å². The van der Waals surface area contributed by atoms with E-state index in [1.807, 2.05) is 0 Å². The molecular formula is C12H14ClN3O2S. The largest absolute Gasteiger partial charge is 0.399 e. The number of carbonyl (C=O) groups excluding carboxylic acids is 2. The van der Waals surface area contributed by atoms with Crippen LogP contribution in [0.2, 0.25) is 5.02 Å². The predicted molar refractivity (Wildman–Crippen MR) is 76.3 cm³/mol. The summed E-state index contributed by atoms with van der Waals surface area (Å²) in [4.78, 5) is 23.6. The summed E-state index contributed by atoms with van der Waals surface area (Å²) in [5.74, 6) is -0.247. The van der Waals surface area contributed by atoms with E-state index < -0.39 is 6.03 Å². The van der Waals surface area contributed by atoms with Crippen LogP contribution in [0.5, 0.6) is 0 Å². The molecule has 19 heavy (non-hydrogen) atoms. The summed E-state index contributed by atoms with van der Waals surface area (Å²) >= 11 is 7.22. The molecule has 0 spiro atoms. The Morgan fingerprint density at radius 3 is 2.84 bits per heavy atom. The standard InChI is InChI=1S/C12H14ClN3O2S/c13-9-4-1-7(14)5-10(9)19-6-11(17)16-12(18)15-8-2-3-8/h1,4-5,8H,2-3,6,14H2,(H2,15,16,17,18). The van der Waals surface area contributed by atoms with Gasteiger partial charge in [0.2, 0.25) is 5.91 Å². The zero-order valence-electron chi connectivity index (χ0n) is 10.1. The highest BCUT2D eigenvalue weighted by atomic mass is 35.5. The number of anilines is 1. The second kappa shape index (κ2) is 6.16. The summed E-state index contributed by atoms with van der Waals surface area (Å²) in [5, 5.41) is 5.49. The Kier molecular flexibility index (Phi) is 4.55. The number of hydrogen-bond acceptors (Lipinski definition) is 4. The van der Waals surface area contributed by atoms with Gasteiger partial charge in [-0.2, -0.15) is 0 Å². The Hall–Kier alpha value is -1.40. The Labute approximate surface area is 120 Å². The van der Waals surface area contributed by atoms with Crippen molar-refractivity contribution in [2.75, 3.05) is 11.5 Å². The summed E-state index contributed by atoms with van der Waals surface area (Å²) < 4.78 is 0. The fourth-order valence-electron chi connectivity index (χ4n) is 1.39. The number of benzene rings is 1. The number of nitrogens with two attached hydrogens (primary N) is 1. The number of nitrogen functional groups attached to an aromatic ring is 1. The quantitative estimate of drug-likeness (QED) is 0.586. The number of halogens is 1. The molecule has 1 aromatic carbocycles. The third kappa shape index (κ3) is 4.65. The highest BCUT2D eigenvalue weighted by Gasteiger charge is 2.23. The van der Waals surface area contributed by atoms with E-state index in [-0.39, 0.29) is 17.7 Å². The molecule has 0 unspecified atom stereocenters. The van der Waals surface area contributed by atoms with Gasteiger partial charge in [0.1, 0.15) is 0 Å². The summed E-state index contributed by atoms with van der Waals surface area (Å²) in [6, 6.07) is 4.85. The molecule has 5 nitrogen and oxygen atoms in total. The van der Waals surface area contributed by atoms with Crippen molar-refractivity contribution in [2.24, 2.45) is 0 Å². The number of nitrogens with one attached hydrogen (secondary N) is 2. The topological polar surface area (TPSA) is 84.2 Å². The van der Waals surface area contributed by atoms with E-state index in [0.29, 0.717) is 10.7 Å². The molecule has 0 radical (unpaired) electrons. The van der Waals surface area contributed by atoms with Crippen LogP contribution in [-0.4, -0.2) is 23.7 Å². The van der Waals surface area contributed by atoms with Crippen LogP contribution in [0.3, 0.4) is 0 Å².